The molecular weight excluding hydrogens is 274 g/mol. The average molecular weight is 295 g/mol. The van der Waals surface area contributed by atoms with Crippen molar-refractivity contribution < 1.29 is 9.31 Å². The molecule has 0 aromatic carbocycles. The monoisotopic (exact) mass is 294 g/mol. The predicted octanol–water partition coefficient (Wildman–Crippen LogP) is 3.01. The van der Waals surface area contributed by atoms with Crippen molar-refractivity contribution in [3.8, 4) is 0 Å². The van der Waals surface area contributed by atoms with Crippen molar-refractivity contribution >= 4 is 35.3 Å². The fourth-order valence-electron chi connectivity index (χ4n) is 2.54. The maximum Gasteiger partial charge on any atom is 0.512 e. The van der Waals surface area contributed by atoms with E-state index >= 15 is 0 Å². The van der Waals surface area contributed by atoms with E-state index in [4.69, 9.17) is 20.9 Å². The Bertz CT molecular complexity index is 643. The summed E-state index contributed by atoms with van der Waals surface area (Å²) in [6.45, 7) is 10.3. The fraction of sp³-hybridized carbons (Fsp3) is 0.571. The summed E-state index contributed by atoms with van der Waals surface area (Å²) in [6, 6.07) is 2.02. The van der Waals surface area contributed by atoms with Gasteiger partial charge in [-0.25, -0.2) is 0 Å². The lowest BCUT2D eigenvalue weighted by molar-refractivity contribution is 0.00578. The van der Waals surface area contributed by atoms with E-state index in [9.17, 15) is 0 Å². The highest BCUT2D eigenvalue weighted by Gasteiger charge is 2.52. The van der Waals surface area contributed by atoms with Crippen LogP contribution < -0.4 is 5.59 Å². The molecule has 0 aliphatic carbocycles. The molecule has 20 heavy (non-hydrogen) atoms. The first-order valence-electron chi connectivity index (χ1n) is 7.00. The van der Waals surface area contributed by atoms with Gasteiger partial charge in [-0.1, -0.05) is 18.5 Å². The van der Waals surface area contributed by atoms with Crippen LogP contribution in [0.3, 0.4) is 0 Å². The SMILES string of the molecule is CCc1c(Cl)[nH]c2cc(B3OC(C)(C)C(C)(C)O3)[nH]c12. The summed E-state index contributed by atoms with van der Waals surface area (Å²) < 4.78 is 12.1. The zero-order valence-corrected chi connectivity index (χ0v) is 13.3. The number of fused-ring (bicyclic) bond motifs is 1. The number of aryl methyl sites for hydroxylation is 1. The van der Waals surface area contributed by atoms with E-state index < -0.39 is 0 Å². The fourth-order valence-corrected chi connectivity index (χ4v) is 2.87. The van der Waals surface area contributed by atoms with Crippen molar-refractivity contribution in [1.82, 2.24) is 9.97 Å². The highest BCUT2D eigenvalue weighted by molar-refractivity contribution is 6.61. The molecule has 108 valence electrons. The van der Waals surface area contributed by atoms with Gasteiger partial charge >= 0.3 is 7.12 Å². The summed E-state index contributed by atoms with van der Waals surface area (Å²) in [4.78, 5) is 6.57. The molecule has 4 nitrogen and oxygen atoms in total. The largest absolute Gasteiger partial charge is 0.512 e. The highest BCUT2D eigenvalue weighted by Crippen LogP contribution is 2.36. The third-order valence-corrected chi connectivity index (χ3v) is 4.83. The lowest BCUT2D eigenvalue weighted by Crippen LogP contribution is -2.41. The molecule has 3 rings (SSSR count). The third kappa shape index (κ3) is 1.91. The Morgan fingerprint density at radius 1 is 1.15 bits per heavy atom. The Balaban J connectivity index is 1.98. The predicted molar refractivity (Wildman–Crippen MR) is 82.8 cm³/mol. The maximum atomic E-state index is 6.17. The Hall–Kier alpha value is -0.905. The van der Waals surface area contributed by atoms with Crippen molar-refractivity contribution in [2.45, 2.75) is 52.2 Å². The maximum absolute atomic E-state index is 6.17. The quantitative estimate of drug-likeness (QED) is 0.837. The number of halogens is 1. The third-order valence-electron chi connectivity index (χ3n) is 4.51. The summed E-state index contributed by atoms with van der Waals surface area (Å²) >= 11 is 6.17. The van der Waals surface area contributed by atoms with Crippen LogP contribution in [0.1, 0.15) is 40.2 Å². The van der Waals surface area contributed by atoms with Gasteiger partial charge in [0.1, 0.15) is 5.15 Å². The minimum Gasteiger partial charge on any atom is -0.398 e. The van der Waals surface area contributed by atoms with Crippen molar-refractivity contribution in [1.29, 1.82) is 0 Å². The molecule has 1 saturated heterocycles. The van der Waals surface area contributed by atoms with Crippen LogP contribution >= 0.6 is 11.6 Å². The number of hydrogen-bond acceptors (Lipinski definition) is 2. The molecule has 2 N–H and O–H groups in total. The van der Waals surface area contributed by atoms with E-state index in [0.717, 1.165) is 28.6 Å². The molecule has 0 amide bonds. The number of rotatable bonds is 2. The van der Waals surface area contributed by atoms with Crippen molar-refractivity contribution in [2.24, 2.45) is 0 Å². The number of nitrogens with one attached hydrogen (secondary N) is 2. The van der Waals surface area contributed by atoms with Crippen LogP contribution in [0, 0.1) is 0 Å². The van der Waals surface area contributed by atoms with Gasteiger partial charge in [-0.2, -0.15) is 0 Å². The minimum absolute atomic E-state index is 0.332. The summed E-state index contributed by atoms with van der Waals surface area (Å²) in [5, 5.41) is 0.703. The van der Waals surface area contributed by atoms with Crippen LogP contribution in [-0.4, -0.2) is 28.3 Å². The molecule has 1 aliphatic heterocycles. The highest BCUT2D eigenvalue weighted by atomic mass is 35.5. The van der Waals surface area contributed by atoms with E-state index in [2.05, 4.69) is 44.6 Å². The van der Waals surface area contributed by atoms with Gasteiger partial charge in [-0.15, -0.1) is 0 Å². The standard InChI is InChI=1S/C14H20BClN2O2/c1-6-8-11-9(17-12(8)16)7-10(18-11)15-19-13(2,3)14(4,5)20-15/h7,17-18H,6H2,1-5H3. The van der Waals surface area contributed by atoms with Crippen LogP contribution in [0.2, 0.25) is 5.15 Å². The van der Waals surface area contributed by atoms with E-state index in [1.54, 1.807) is 0 Å². The Labute approximate surface area is 124 Å². The van der Waals surface area contributed by atoms with Gasteiger partial charge in [0, 0.05) is 11.2 Å². The van der Waals surface area contributed by atoms with Crippen LogP contribution in [0.15, 0.2) is 6.07 Å². The molecule has 2 aromatic rings. The van der Waals surface area contributed by atoms with Crippen LogP contribution in [-0.2, 0) is 15.7 Å². The second-order valence-electron chi connectivity index (χ2n) is 6.37. The van der Waals surface area contributed by atoms with Gasteiger partial charge in [0.25, 0.3) is 0 Å². The van der Waals surface area contributed by atoms with Gasteiger partial charge in [0.15, 0.2) is 0 Å². The summed E-state index contributed by atoms with van der Waals surface area (Å²) in [7, 11) is -0.371. The Kier molecular flexibility index (Phi) is 3.02. The zero-order valence-electron chi connectivity index (χ0n) is 12.6. The van der Waals surface area contributed by atoms with E-state index in [-0.39, 0.29) is 18.3 Å². The normalized spacial score (nSPS) is 21.0. The van der Waals surface area contributed by atoms with Gasteiger partial charge in [0.2, 0.25) is 0 Å². The number of aromatic amines is 2. The Morgan fingerprint density at radius 3 is 2.30 bits per heavy atom. The molecule has 0 unspecified atom stereocenters. The molecule has 2 aromatic heterocycles. The second-order valence-corrected chi connectivity index (χ2v) is 6.75. The number of hydrogen-bond donors (Lipinski definition) is 2. The molecule has 0 atom stereocenters. The number of H-pyrrole nitrogens is 2. The first-order chi connectivity index (χ1) is 9.25. The zero-order chi connectivity index (χ0) is 14.7. The molecule has 0 bridgehead atoms. The molecule has 6 heteroatoms. The molecular formula is C14H20BClN2O2. The van der Waals surface area contributed by atoms with Gasteiger partial charge in [-0.05, 0) is 40.2 Å². The lowest BCUT2D eigenvalue weighted by Gasteiger charge is -2.32. The summed E-state index contributed by atoms with van der Waals surface area (Å²) in [6.07, 6.45) is 0.877. The summed E-state index contributed by atoms with van der Waals surface area (Å²) in [5.74, 6) is 0. The molecule has 3 heterocycles. The summed E-state index contributed by atoms with van der Waals surface area (Å²) in [5.41, 5.74) is 3.41. The van der Waals surface area contributed by atoms with Crippen molar-refractivity contribution in [2.75, 3.05) is 0 Å². The van der Waals surface area contributed by atoms with E-state index in [1.165, 1.54) is 0 Å². The van der Waals surface area contributed by atoms with E-state index in [1.807, 2.05) is 6.07 Å². The Morgan fingerprint density at radius 2 is 1.75 bits per heavy atom. The van der Waals surface area contributed by atoms with Crippen LogP contribution in [0.4, 0.5) is 0 Å². The topological polar surface area (TPSA) is 50.0 Å². The van der Waals surface area contributed by atoms with Crippen LogP contribution in [0.25, 0.3) is 11.0 Å². The minimum atomic E-state index is -0.371. The smallest absolute Gasteiger partial charge is 0.398 e. The van der Waals surface area contributed by atoms with Gasteiger partial charge < -0.3 is 19.3 Å². The molecule has 0 saturated carbocycles. The van der Waals surface area contributed by atoms with Crippen LogP contribution in [0.5, 0.6) is 0 Å². The molecule has 0 radical (unpaired) electrons. The van der Waals surface area contributed by atoms with Crippen molar-refractivity contribution in [3.63, 3.8) is 0 Å². The second kappa shape index (κ2) is 4.29. The molecule has 0 spiro atoms. The first-order valence-corrected chi connectivity index (χ1v) is 7.37. The van der Waals surface area contributed by atoms with Crippen molar-refractivity contribution in [3.05, 3.63) is 16.8 Å². The molecule has 1 fully saturated rings. The van der Waals surface area contributed by atoms with E-state index in [0.29, 0.717) is 5.15 Å². The first kappa shape index (κ1) is 14.0. The lowest BCUT2D eigenvalue weighted by atomic mass is 9.85. The molecule has 1 aliphatic rings. The average Bonchev–Trinajstić information content (AvgIpc) is 2.89. The van der Waals surface area contributed by atoms with Gasteiger partial charge in [0.05, 0.1) is 22.2 Å². The number of aromatic nitrogens is 2. The van der Waals surface area contributed by atoms with Gasteiger partial charge in [-0.3, -0.25) is 0 Å².